The van der Waals surface area contributed by atoms with Crippen molar-refractivity contribution in [3.63, 3.8) is 0 Å². The molecule has 3 heterocycles. The number of aromatic nitrogens is 2. The lowest BCUT2D eigenvalue weighted by atomic mass is 10.2. The second-order valence-corrected chi connectivity index (χ2v) is 7.03. The molecule has 7 heteroatoms. The number of thiophene rings is 1. The number of nitrogens with zero attached hydrogens (tertiary/aromatic N) is 4. The molecule has 136 valence electrons. The van der Waals surface area contributed by atoms with Gasteiger partial charge in [-0.05, 0) is 44.2 Å². The summed E-state index contributed by atoms with van der Waals surface area (Å²) in [6, 6.07) is 1.80. The first-order chi connectivity index (χ1) is 12.6. The number of likely N-dealkylation sites (tertiary alicyclic amines) is 1. The van der Waals surface area contributed by atoms with Crippen LogP contribution in [0.4, 0.5) is 5.95 Å². The van der Waals surface area contributed by atoms with Gasteiger partial charge in [0.05, 0.1) is 22.0 Å². The molecule has 2 aromatic heterocycles. The zero-order chi connectivity index (χ0) is 18.5. The van der Waals surface area contributed by atoms with Crippen LogP contribution in [-0.2, 0) is 0 Å². The van der Waals surface area contributed by atoms with Gasteiger partial charge in [-0.1, -0.05) is 12.7 Å². The minimum absolute atomic E-state index is 0.0125. The number of hydrogen-bond donors (Lipinski definition) is 1. The smallest absolute Gasteiger partial charge is 0.274 e. The zero-order valence-corrected chi connectivity index (χ0v) is 15.9. The first-order valence-electron chi connectivity index (χ1n) is 8.76. The van der Waals surface area contributed by atoms with Crippen molar-refractivity contribution >= 4 is 39.6 Å². The van der Waals surface area contributed by atoms with Crippen molar-refractivity contribution in [2.75, 3.05) is 18.4 Å². The molecule has 0 bridgehead atoms. The van der Waals surface area contributed by atoms with E-state index in [-0.39, 0.29) is 11.9 Å². The number of hydrogen-bond acceptors (Lipinski definition) is 6. The molecular formula is C19H23N5OS. The summed E-state index contributed by atoms with van der Waals surface area (Å²) in [5.41, 5.74) is 2.09. The molecule has 1 aliphatic rings. The van der Waals surface area contributed by atoms with Crippen molar-refractivity contribution in [1.29, 1.82) is 0 Å². The molecule has 1 fully saturated rings. The highest BCUT2D eigenvalue weighted by Gasteiger charge is 2.24. The number of amides is 1. The van der Waals surface area contributed by atoms with Crippen LogP contribution >= 0.6 is 11.3 Å². The number of aliphatic imine (C=N–C) groups is 1. The Morgan fingerprint density at radius 3 is 2.88 bits per heavy atom. The molecular weight excluding hydrogens is 346 g/mol. The molecule has 0 saturated carbocycles. The number of fused-ring (bicyclic) bond motifs is 1. The molecule has 26 heavy (non-hydrogen) atoms. The molecule has 6 nitrogen and oxygen atoms in total. The van der Waals surface area contributed by atoms with Crippen LogP contribution in [0.3, 0.4) is 0 Å². The molecule has 1 unspecified atom stereocenters. The van der Waals surface area contributed by atoms with Crippen LogP contribution in [0.2, 0.25) is 0 Å². The molecule has 0 spiro atoms. The zero-order valence-electron chi connectivity index (χ0n) is 15.1. The maximum Gasteiger partial charge on any atom is 0.274 e. The Labute approximate surface area is 157 Å². The van der Waals surface area contributed by atoms with E-state index in [2.05, 4.69) is 26.9 Å². The van der Waals surface area contributed by atoms with E-state index in [4.69, 9.17) is 0 Å². The SMILES string of the molecule is C=C/C=C(\N=CC)C(C)Nc1nc(C(=O)N2CCCC2)c2sccc2n1. The van der Waals surface area contributed by atoms with Gasteiger partial charge in [0.1, 0.15) is 0 Å². The van der Waals surface area contributed by atoms with E-state index in [0.29, 0.717) is 11.6 Å². The maximum absolute atomic E-state index is 12.9. The quantitative estimate of drug-likeness (QED) is 0.619. The van der Waals surface area contributed by atoms with Crippen LogP contribution in [-0.4, -0.2) is 46.1 Å². The highest BCUT2D eigenvalue weighted by molar-refractivity contribution is 7.17. The average molecular weight is 369 g/mol. The molecule has 0 aromatic carbocycles. The summed E-state index contributed by atoms with van der Waals surface area (Å²) >= 11 is 1.50. The third-order valence-corrected chi connectivity index (χ3v) is 5.17. The number of rotatable bonds is 6. The fourth-order valence-corrected chi connectivity index (χ4v) is 3.79. The molecule has 0 radical (unpaired) electrons. The number of allylic oxidation sites excluding steroid dienone is 2. The summed E-state index contributed by atoms with van der Waals surface area (Å²) in [4.78, 5) is 28.2. The van der Waals surface area contributed by atoms with Gasteiger partial charge >= 0.3 is 0 Å². The number of carbonyl (C=O) groups excluding carboxylic acids is 1. The van der Waals surface area contributed by atoms with Crippen LogP contribution in [0.1, 0.15) is 37.2 Å². The predicted molar refractivity (Wildman–Crippen MR) is 108 cm³/mol. The van der Waals surface area contributed by atoms with Crippen molar-refractivity contribution in [1.82, 2.24) is 14.9 Å². The van der Waals surface area contributed by atoms with Gasteiger partial charge in [0, 0.05) is 19.3 Å². The molecule has 1 aliphatic heterocycles. The Hall–Kier alpha value is -2.54. The maximum atomic E-state index is 12.9. The van der Waals surface area contributed by atoms with Crippen LogP contribution < -0.4 is 5.32 Å². The van der Waals surface area contributed by atoms with E-state index in [0.717, 1.165) is 41.8 Å². The summed E-state index contributed by atoms with van der Waals surface area (Å²) in [5, 5.41) is 5.20. The number of nitrogens with one attached hydrogen (secondary N) is 1. The lowest BCUT2D eigenvalue weighted by molar-refractivity contribution is 0.0789. The molecule has 1 atom stereocenters. The van der Waals surface area contributed by atoms with E-state index in [1.165, 1.54) is 11.3 Å². The largest absolute Gasteiger partial charge is 0.346 e. The molecule has 1 N–H and O–H groups in total. The van der Waals surface area contributed by atoms with Crippen molar-refractivity contribution in [3.8, 4) is 0 Å². The Bertz CT molecular complexity index is 864. The topological polar surface area (TPSA) is 70.5 Å². The van der Waals surface area contributed by atoms with Crippen LogP contribution in [0.5, 0.6) is 0 Å². The third-order valence-electron chi connectivity index (χ3n) is 4.26. The Kier molecular flexibility index (Phi) is 5.78. The third kappa shape index (κ3) is 3.83. The lowest BCUT2D eigenvalue weighted by Crippen LogP contribution is -2.29. The van der Waals surface area contributed by atoms with Crippen molar-refractivity contribution in [2.24, 2.45) is 4.99 Å². The molecule has 0 aliphatic carbocycles. The first-order valence-corrected chi connectivity index (χ1v) is 9.64. The summed E-state index contributed by atoms with van der Waals surface area (Å²) in [6.07, 6.45) is 7.39. The molecule has 1 saturated heterocycles. The van der Waals surface area contributed by atoms with Gasteiger partial charge in [-0.15, -0.1) is 11.3 Å². The molecule has 3 rings (SSSR count). The fourth-order valence-electron chi connectivity index (χ4n) is 2.98. The lowest BCUT2D eigenvalue weighted by Gasteiger charge is -2.17. The highest BCUT2D eigenvalue weighted by Crippen LogP contribution is 2.26. The highest BCUT2D eigenvalue weighted by atomic mass is 32.1. The van der Waals surface area contributed by atoms with Crippen LogP contribution in [0.25, 0.3) is 10.2 Å². The second kappa shape index (κ2) is 8.23. The Morgan fingerprint density at radius 2 is 2.19 bits per heavy atom. The summed E-state index contributed by atoms with van der Waals surface area (Å²) < 4.78 is 0.841. The summed E-state index contributed by atoms with van der Waals surface area (Å²) in [7, 11) is 0. The first kappa shape index (κ1) is 18.3. The minimum Gasteiger partial charge on any atom is -0.346 e. The van der Waals surface area contributed by atoms with E-state index >= 15 is 0 Å². The van der Waals surface area contributed by atoms with Crippen molar-refractivity contribution < 1.29 is 4.79 Å². The summed E-state index contributed by atoms with van der Waals surface area (Å²) in [5.74, 6) is 0.425. The van der Waals surface area contributed by atoms with E-state index in [9.17, 15) is 4.79 Å². The van der Waals surface area contributed by atoms with Gasteiger partial charge < -0.3 is 10.2 Å². The Balaban J connectivity index is 1.93. The van der Waals surface area contributed by atoms with Gasteiger partial charge in [-0.2, -0.15) is 0 Å². The predicted octanol–water partition coefficient (Wildman–Crippen LogP) is 3.89. The standard InChI is InChI=1S/C19H23N5OS/c1-4-8-14(20-5-2)13(3)21-19-22-15-9-12-26-17(15)16(23-19)18(25)24-10-6-7-11-24/h4-5,8-9,12-13H,1,6-7,10-11H2,2-3H3,(H,21,22,23)/b14-8-,20-5?. The van der Waals surface area contributed by atoms with Gasteiger partial charge in [0.15, 0.2) is 5.69 Å². The van der Waals surface area contributed by atoms with E-state index in [1.54, 1.807) is 12.3 Å². The van der Waals surface area contributed by atoms with Crippen molar-refractivity contribution in [2.45, 2.75) is 32.7 Å². The minimum atomic E-state index is -0.116. The van der Waals surface area contributed by atoms with Gasteiger partial charge in [-0.3, -0.25) is 9.79 Å². The summed E-state index contributed by atoms with van der Waals surface area (Å²) in [6.45, 7) is 9.17. The van der Waals surface area contributed by atoms with Crippen LogP contribution in [0, 0.1) is 0 Å². The Morgan fingerprint density at radius 1 is 1.42 bits per heavy atom. The van der Waals surface area contributed by atoms with Crippen LogP contribution in [0.15, 0.2) is 40.9 Å². The van der Waals surface area contributed by atoms with Gasteiger partial charge in [0.2, 0.25) is 5.95 Å². The number of anilines is 1. The number of carbonyl (C=O) groups is 1. The average Bonchev–Trinajstić information content (AvgIpc) is 3.31. The second-order valence-electron chi connectivity index (χ2n) is 6.11. The van der Waals surface area contributed by atoms with Crippen molar-refractivity contribution in [3.05, 3.63) is 41.6 Å². The monoisotopic (exact) mass is 369 g/mol. The fraction of sp³-hybridized carbons (Fsp3) is 0.368. The van der Waals surface area contributed by atoms with E-state index < -0.39 is 0 Å². The van der Waals surface area contributed by atoms with Gasteiger partial charge in [0.25, 0.3) is 5.91 Å². The molecule has 2 aromatic rings. The van der Waals surface area contributed by atoms with E-state index in [1.807, 2.05) is 36.3 Å². The van der Waals surface area contributed by atoms with Gasteiger partial charge in [-0.25, -0.2) is 9.97 Å². The molecule has 1 amide bonds. The normalized spacial score (nSPS) is 16.4.